The van der Waals surface area contributed by atoms with E-state index in [1.807, 2.05) is 27.7 Å². The Hall–Kier alpha value is -0.790. The van der Waals surface area contributed by atoms with E-state index in [1.165, 1.54) is 11.8 Å². The molecule has 1 aromatic rings. The summed E-state index contributed by atoms with van der Waals surface area (Å²) in [4.78, 5) is 19.5. The number of amidine groups is 1. The number of aliphatic imine (C=N–C) groups is 1. The molecule has 0 aliphatic carbocycles. The SMILES string of the molecule is CC(C)N=C1S/C(=C/c2cc(Br)cc(Br)c2O)C(=O)N1C(C)C. The van der Waals surface area contributed by atoms with E-state index in [-0.39, 0.29) is 23.7 Å². The Morgan fingerprint density at radius 2 is 1.91 bits per heavy atom. The smallest absolute Gasteiger partial charge is 0.266 e. The van der Waals surface area contributed by atoms with Crippen molar-refractivity contribution in [2.75, 3.05) is 0 Å². The van der Waals surface area contributed by atoms with Crippen molar-refractivity contribution in [1.82, 2.24) is 4.90 Å². The summed E-state index contributed by atoms with van der Waals surface area (Å²) in [5.74, 6) is 0.0272. The highest BCUT2D eigenvalue weighted by molar-refractivity contribution is 9.11. The molecule has 1 heterocycles. The molecular formula is C16H18Br2N2O2S. The molecule has 1 fully saturated rings. The fraction of sp³-hybridized carbons (Fsp3) is 0.375. The molecule has 0 unspecified atom stereocenters. The average molecular weight is 462 g/mol. The second-order valence-electron chi connectivity index (χ2n) is 5.71. The molecule has 1 amide bonds. The number of carbonyl (C=O) groups excluding carboxylic acids is 1. The normalized spacial score (nSPS) is 19.0. The standard InChI is InChI=1S/C16H18Br2N2O2S/c1-8(2)19-16-20(9(3)4)15(22)13(23-16)6-10-5-11(17)7-12(18)14(10)21/h5-9,21H,1-4H3/b13-6+,19-16?. The van der Waals surface area contributed by atoms with Crippen LogP contribution in [0.2, 0.25) is 0 Å². The maximum Gasteiger partial charge on any atom is 0.266 e. The molecule has 7 heteroatoms. The van der Waals surface area contributed by atoms with Crippen molar-refractivity contribution in [1.29, 1.82) is 0 Å². The summed E-state index contributed by atoms with van der Waals surface area (Å²) in [5.41, 5.74) is 0.580. The van der Waals surface area contributed by atoms with Gasteiger partial charge in [0.05, 0.1) is 9.38 Å². The summed E-state index contributed by atoms with van der Waals surface area (Å²) in [6.45, 7) is 7.89. The molecule has 2 rings (SSSR count). The van der Waals surface area contributed by atoms with Crippen molar-refractivity contribution >= 4 is 60.8 Å². The predicted molar refractivity (Wildman–Crippen MR) is 104 cm³/mol. The second kappa shape index (κ2) is 7.40. The number of nitrogens with zero attached hydrogens (tertiary/aromatic N) is 2. The van der Waals surface area contributed by atoms with Crippen LogP contribution in [0.5, 0.6) is 5.75 Å². The highest BCUT2D eigenvalue weighted by atomic mass is 79.9. The zero-order valence-electron chi connectivity index (χ0n) is 13.3. The van der Waals surface area contributed by atoms with Gasteiger partial charge in [-0.3, -0.25) is 14.7 Å². The number of hydrogen-bond acceptors (Lipinski definition) is 4. The molecule has 1 saturated heterocycles. The van der Waals surface area contributed by atoms with Crippen LogP contribution in [0, 0.1) is 0 Å². The molecule has 124 valence electrons. The van der Waals surface area contributed by atoms with Gasteiger partial charge in [-0.05, 0) is 73.6 Å². The lowest BCUT2D eigenvalue weighted by molar-refractivity contribution is -0.123. The van der Waals surface area contributed by atoms with Gasteiger partial charge in [-0.2, -0.15) is 0 Å². The molecule has 1 aromatic carbocycles. The summed E-state index contributed by atoms with van der Waals surface area (Å²) >= 11 is 8.05. The fourth-order valence-corrected chi connectivity index (χ4v) is 4.57. The number of amides is 1. The first kappa shape index (κ1) is 18.5. The number of hydrogen-bond donors (Lipinski definition) is 1. The van der Waals surface area contributed by atoms with Gasteiger partial charge in [0.2, 0.25) is 0 Å². The van der Waals surface area contributed by atoms with Crippen LogP contribution in [0.4, 0.5) is 0 Å². The largest absolute Gasteiger partial charge is 0.506 e. The third kappa shape index (κ3) is 4.19. The van der Waals surface area contributed by atoms with Gasteiger partial charge in [0.15, 0.2) is 5.17 Å². The minimum absolute atomic E-state index is 0.0289. The zero-order chi connectivity index (χ0) is 17.3. The van der Waals surface area contributed by atoms with E-state index < -0.39 is 0 Å². The van der Waals surface area contributed by atoms with Gasteiger partial charge in [-0.15, -0.1) is 0 Å². The van der Waals surface area contributed by atoms with Crippen molar-refractivity contribution in [3.63, 3.8) is 0 Å². The molecule has 0 radical (unpaired) electrons. The second-order valence-corrected chi connectivity index (χ2v) is 8.49. The van der Waals surface area contributed by atoms with E-state index >= 15 is 0 Å². The Balaban J connectivity index is 2.47. The number of phenolic OH excluding ortho intramolecular Hbond substituents is 1. The highest BCUT2D eigenvalue weighted by Crippen LogP contribution is 2.38. The van der Waals surface area contributed by atoms with Gasteiger partial charge in [0.1, 0.15) is 5.75 Å². The third-order valence-electron chi connectivity index (χ3n) is 3.07. The van der Waals surface area contributed by atoms with Gasteiger partial charge in [0, 0.05) is 22.1 Å². The van der Waals surface area contributed by atoms with Gasteiger partial charge in [-0.25, -0.2) is 0 Å². The molecule has 0 aromatic heterocycles. The summed E-state index contributed by atoms with van der Waals surface area (Å²) in [5, 5.41) is 10.9. The first-order chi connectivity index (χ1) is 10.7. The monoisotopic (exact) mass is 460 g/mol. The van der Waals surface area contributed by atoms with Crippen LogP contribution < -0.4 is 0 Å². The highest BCUT2D eigenvalue weighted by Gasteiger charge is 2.35. The molecule has 1 N–H and O–H groups in total. The van der Waals surface area contributed by atoms with Gasteiger partial charge in [0.25, 0.3) is 5.91 Å². The van der Waals surface area contributed by atoms with Crippen molar-refractivity contribution in [3.05, 3.63) is 31.5 Å². The van der Waals surface area contributed by atoms with Gasteiger partial charge < -0.3 is 5.11 Å². The number of aromatic hydroxyl groups is 1. The van der Waals surface area contributed by atoms with Crippen molar-refractivity contribution in [2.24, 2.45) is 4.99 Å². The van der Waals surface area contributed by atoms with Crippen molar-refractivity contribution in [2.45, 2.75) is 39.8 Å². The quantitative estimate of drug-likeness (QED) is 0.644. The van der Waals surface area contributed by atoms with Crippen LogP contribution in [0.3, 0.4) is 0 Å². The summed E-state index contributed by atoms with van der Waals surface area (Å²) < 4.78 is 1.40. The van der Waals surface area contributed by atoms with Crippen LogP contribution in [-0.4, -0.2) is 33.2 Å². The molecule has 4 nitrogen and oxygen atoms in total. The third-order valence-corrected chi connectivity index (χ3v) is 5.13. The summed E-state index contributed by atoms with van der Waals surface area (Å²) in [6.07, 6.45) is 1.70. The van der Waals surface area contributed by atoms with Crippen LogP contribution in [0.1, 0.15) is 33.3 Å². The Morgan fingerprint density at radius 3 is 2.48 bits per heavy atom. The van der Waals surface area contributed by atoms with Crippen molar-refractivity contribution < 1.29 is 9.90 Å². The maximum atomic E-state index is 12.7. The van der Waals surface area contributed by atoms with Crippen LogP contribution in [0.25, 0.3) is 6.08 Å². The zero-order valence-corrected chi connectivity index (χ0v) is 17.3. The van der Waals surface area contributed by atoms with E-state index in [1.54, 1.807) is 23.1 Å². The van der Waals surface area contributed by atoms with Crippen LogP contribution in [0.15, 0.2) is 31.0 Å². The topological polar surface area (TPSA) is 52.9 Å². The Labute approximate surface area is 157 Å². The molecule has 0 bridgehead atoms. The molecule has 0 saturated carbocycles. The predicted octanol–water partition coefficient (Wildman–Crippen LogP) is 5.01. The lowest BCUT2D eigenvalue weighted by Crippen LogP contribution is -2.35. The van der Waals surface area contributed by atoms with Crippen LogP contribution >= 0.6 is 43.6 Å². The molecule has 23 heavy (non-hydrogen) atoms. The van der Waals surface area contributed by atoms with E-state index in [0.717, 1.165) is 4.47 Å². The van der Waals surface area contributed by atoms with E-state index in [2.05, 4.69) is 36.9 Å². The number of benzene rings is 1. The van der Waals surface area contributed by atoms with Crippen molar-refractivity contribution in [3.8, 4) is 5.75 Å². The van der Waals surface area contributed by atoms with Crippen LogP contribution in [-0.2, 0) is 4.79 Å². The van der Waals surface area contributed by atoms with E-state index in [0.29, 0.717) is 20.1 Å². The summed E-state index contributed by atoms with van der Waals surface area (Å²) in [6, 6.07) is 3.67. The number of phenols is 1. The fourth-order valence-electron chi connectivity index (χ4n) is 2.09. The average Bonchev–Trinajstić information content (AvgIpc) is 2.70. The Bertz CT molecular complexity index is 700. The molecule has 0 atom stereocenters. The lowest BCUT2D eigenvalue weighted by Gasteiger charge is -2.20. The first-order valence-electron chi connectivity index (χ1n) is 7.19. The van der Waals surface area contributed by atoms with E-state index in [9.17, 15) is 9.90 Å². The molecular weight excluding hydrogens is 444 g/mol. The molecule has 0 spiro atoms. The number of carbonyl (C=O) groups is 1. The minimum Gasteiger partial charge on any atom is -0.506 e. The van der Waals surface area contributed by atoms with Gasteiger partial charge in [-0.1, -0.05) is 15.9 Å². The maximum absolute atomic E-state index is 12.7. The summed E-state index contributed by atoms with van der Waals surface area (Å²) in [7, 11) is 0. The lowest BCUT2D eigenvalue weighted by atomic mass is 10.2. The number of thioether (sulfide) groups is 1. The minimum atomic E-state index is -0.0834. The van der Waals surface area contributed by atoms with E-state index in [4.69, 9.17) is 0 Å². The number of rotatable bonds is 3. The number of halogens is 2. The van der Waals surface area contributed by atoms with Gasteiger partial charge >= 0.3 is 0 Å². The Kier molecular flexibility index (Phi) is 5.97. The Morgan fingerprint density at radius 1 is 1.26 bits per heavy atom. The molecule has 1 aliphatic heterocycles. The molecule has 1 aliphatic rings. The first-order valence-corrected chi connectivity index (χ1v) is 9.60.